The lowest BCUT2D eigenvalue weighted by Crippen LogP contribution is -2.13. The Bertz CT molecular complexity index is 485. The van der Waals surface area contributed by atoms with Crippen molar-refractivity contribution in [3.8, 4) is 11.4 Å². The van der Waals surface area contributed by atoms with E-state index < -0.39 is 0 Å². The predicted octanol–water partition coefficient (Wildman–Crippen LogP) is 1.17. The minimum atomic E-state index is -0.154. The molecule has 0 saturated carbocycles. The van der Waals surface area contributed by atoms with Crippen LogP contribution in [0.15, 0.2) is 41.5 Å². The first-order valence-electron chi connectivity index (χ1n) is 4.22. The molecule has 1 N–H and O–H groups in total. The van der Waals surface area contributed by atoms with E-state index in [0.717, 1.165) is 11.4 Å². The molecule has 0 fully saturated rings. The van der Waals surface area contributed by atoms with E-state index in [0.29, 0.717) is 0 Å². The Kier molecular flexibility index (Phi) is 2.10. The smallest absolute Gasteiger partial charge is 0.330 e. The molecule has 14 heavy (non-hydrogen) atoms. The molecule has 1 aromatic carbocycles. The van der Waals surface area contributed by atoms with Crippen molar-refractivity contribution in [1.29, 1.82) is 0 Å². The summed E-state index contributed by atoms with van der Waals surface area (Å²) in [5.41, 5.74) is 0.633. The number of imidazole rings is 1. The van der Waals surface area contributed by atoms with Crippen LogP contribution in [0.5, 0.6) is 5.75 Å². The van der Waals surface area contributed by atoms with Crippen molar-refractivity contribution >= 4 is 0 Å². The maximum atomic E-state index is 11.3. The predicted molar refractivity (Wildman–Crippen MR) is 52.9 cm³/mol. The highest BCUT2D eigenvalue weighted by atomic mass is 16.5. The molecule has 2 aromatic rings. The molecule has 2 rings (SSSR count). The summed E-state index contributed by atoms with van der Waals surface area (Å²) in [5.74, 6) is 0.732. The summed E-state index contributed by atoms with van der Waals surface area (Å²) < 4.78 is 6.58. The number of benzene rings is 1. The van der Waals surface area contributed by atoms with Gasteiger partial charge in [0.15, 0.2) is 0 Å². The summed E-state index contributed by atoms with van der Waals surface area (Å²) in [6.45, 7) is 0. The van der Waals surface area contributed by atoms with Gasteiger partial charge in [-0.05, 0) is 12.1 Å². The third-order valence-electron chi connectivity index (χ3n) is 1.98. The molecule has 0 aliphatic rings. The quantitative estimate of drug-likeness (QED) is 0.772. The van der Waals surface area contributed by atoms with Crippen LogP contribution in [-0.4, -0.2) is 16.7 Å². The number of ether oxygens (including phenoxy) is 1. The van der Waals surface area contributed by atoms with Crippen molar-refractivity contribution in [1.82, 2.24) is 9.55 Å². The second kappa shape index (κ2) is 3.41. The summed E-state index contributed by atoms with van der Waals surface area (Å²) in [6, 6.07) is 7.32. The van der Waals surface area contributed by atoms with Gasteiger partial charge in [-0.15, -0.1) is 0 Å². The summed E-state index contributed by atoms with van der Waals surface area (Å²) in [6.07, 6.45) is 3.28. The Labute approximate surface area is 80.8 Å². The van der Waals surface area contributed by atoms with Crippen LogP contribution in [0.1, 0.15) is 0 Å². The van der Waals surface area contributed by atoms with Gasteiger partial charge in [0.2, 0.25) is 0 Å². The zero-order valence-electron chi connectivity index (χ0n) is 7.73. The Morgan fingerprint density at radius 2 is 2.29 bits per heavy atom. The van der Waals surface area contributed by atoms with Crippen molar-refractivity contribution in [2.75, 3.05) is 7.11 Å². The van der Waals surface area contributed by atoms with Crippen LogP contribution >= 0.6 is 0 Å². The van der Waals surface area contributed by atoms with Crippen LogP contribution in [0, 0.1) is 0 Å². The Hall–Kier alpha value is -1.97. The van der Waals surface area contributed by atoms with Crippen molar-refractivity contribution in [3.05, 3.63) is 47.1 Å². The van der Waals surface area contributed by atoms with Crippen LogP contribution in [-0.2, 0) is 0 Å². The van der Waals surface area contributed by atoms with E-state index in [-0.39, 0.29) is 5.69 Å². The number of aromatic amines is 1. The highest BCUT2D eigenvalue weighted by Crippen LogP contribution is 2.14. The monoisotopic (exact) mass is 190 g/mol. The molecule has 0 bridgehead atoms. The van der Waals surface area contributed by atoms with Gasteiger partial charge >= 0.3 is 5.69 Å². The van der Waals surface area contributed by atoms with Gasteiger partial charge in [0.1, 0.15) is 5.75 Å². The van der Waals surface area contributed by atoms with E-state index >= 15 is 0 Å². The third kappa shape index (κ3) is 1.42. The highest BCUT2D eigenvalue weighted by molar-refractivity contribution is 5.38. The summed E-state index contributed by atoms with van der Waals surface area (Å²) in [4.78, 5) is 13.9. The van der Waals surface area contributed by atoms with Gasteiger partial charge in [0.05, 0.1) is 12.8 Å². The molecule has 0 amide bonds. The van der Waals surface area contributed by atoms with Crippen molar-refractivity contribution in [2.45, 2.75) is 0 Å². The van der Waals surface area contributed by atoms with Gasteiger partial charge < -0.3 is 9.72 Å². The Balaban J connectivity index is 2.52. The summed E-state index contributed by atoms with van der Waals surface area (Å²) in [5, 5.41) is 0. The minimum Gasteiger partial charge on any atom is -0.497 e. The molecular formula is C10H10N2O2. The number of nitrogens with zero attached hydrogens (tertiary/aromatic N) is 1. The van der Waals surface area contributed by atoms with E-state index in [2.05, 4.69) is 4.98 Å². The topological polar surface area (TPSA) is 47.0 Å². The molecule has 0 aliphatic heterocycles. The SMILES string of the molecule is COc1cccc(-n2cc[nH]c2=O)c1. The van der Waals surface area contributed by atoms with Crippen molar-refractivity contribution in [3.63, 3.8) is 0 Å². The van der Waals surface area contributed by atoms with Gasteiger partial charge in [0.25, 0.3) is 0 Å². The van der Waals surface area contributed by atoms with E-state index in [1.54, 1.807) is 25.6 Å². The average molecular weight is 190 g/mol. The van der Waals surface area contributed by atoms with Gasteiger partial charge in [-0.25, -0.2) is 4.79 Å². The van der Waals surface area contributed by atoms with Crippen molar-refractivity contribution in [2.24, 2.45) is 0 Å². The van der Waals surface area contributed by atoms with Crippen LogP contribution in [0.2, 0.25) is 0 Å². The molecule has 0 radical (unpaired) electrons. The number of rotatable bonds is 2. The van der Waals surface area contributed by atoms with Crippen LogP contribution in [0.3, 0.4) is 0 Å². The van der Waals surface area contributed by atoms with E-state index in [4.69, 9.17) is 4.74 Å². The maximum absolute atomic E-state index is 11.3. The number of aromatic nitrogens is 2. The fraction of sp³-hybridized carbons (Fsp3) is 0.100. The number of hydrogen-bond donors (Lipinski definition) is 1. The zero-order valence-corrected chi connectivity index (χ0v) is 7.73. The molecule has 0 unspecified atom stereocenters. The molecular weight excluding hydrogens is 180 g/mol. The fourth-order valence-electron chi connectivity index (χ4n) is 1.28. The summed E-state index contributed by atoms with van der Waals surface area (Å²) in [7, 11) is 1.60. The molecule has 0 aliphatic carbocycles. The number of H-pyrrole nitrogens is 1. The number of hydrogen-bond acceptors (Lipinski definition) is 2. The van der Waals surface area contributed by atoms with Gasteiger partial charge in [-0.2, -0.15) is 0 Å². The zero-order chi connectivity index (χ0) is 9.97. The number of methoxy groups -OCH3 is 1. The summed E-state index contributed by atoms with van der Waals surface area (Å²) >= 11 is 0. The molecule has 0 spiro atoms. The van der Waals surface area contributed by atoms with E-state index in [1.165, 1.54) is 4.57 Å². The van der Waals surface area contributed by atoms with Crippen LogP contribution < -0.4 is 10.4 Å². The lowest BCUT2D eigenvalue weighted by atomic mass is 10.3. The molecule has 72 valence electrons. The fourth-order valence-corrected chi connectivity index (χ4v) is 1.28. The number of nitrogens with one attached hydrogen (secondary N) is 1. The first-order chi connectivity index (χ1) is 6.81. The maximum Gasteiger partial charge on any atom is 0.330 e. The second-order valence-electron chi connectivity index (χ2n) is 2.84. The Morgan fingerprint density at radius 1 is 1.43 bits per heavy atom. The second-order valence-corrected chi connectivity index (χ2v) is 2.84. The molecule has 4 nitrogen and oxygen atoms in total. The average Bonchev–Trinajstić information content (AvgIpc) is 2.65. The van der Waals surface area contributed by atoms with Crippen LogP contribution in [0.4, 0.5) is 0 Å². The van der Waals surface area contributed by atoms with Crippen molar-refractivity contribution < 1.29 is 4.74 Å². The Morgan fingerprint density at radius 3 is 2.93 bits per heavy atom. The standard InChI is InChI=1S/C10H10N2O2/c1-14-9-4-2-3-8(7-9)12-6-5-11-10(12)13/h2-7H,1H3,(H,11,13). The van der Waals surface area contributed by atoms with Gasteiger partial charge in [-0.3, -0.25) is 4.57 Å². The van der Waals surface area contributed by atoms with E-state index in [1.807, 2.05) is 18.2 Å². The minimum absolute atomic E-state index is 0.154. The first-order valence-corrected chi connectivity index (χ1v) is 4.22. The largest absolute Gasteiger partial charge is 0.497 e. The highest BCUT2D eigenvalue weighted by Gasteiger charge is 2.00. The third-order valence-corrected chi connectivity index (χ3v) is 1.98. The van der Waals surface area contributed by atoms with E-state index in [9.17, 15) is 4.79 Å². The first kappa shape index (κ1) is 8.62. The molecule has 1 aromatic heterocycles. The van der Waals surface area contributed by atoms with Crippen LogP contribution in [0.25, 0.3) is 5.69 Å². The molecule has 0 atom stereocenters. The molecule has 4 heteroatoms. The van der Waals surface area contributed by atoms with Gasteiger partial charge in [0, 0.05) is 18.5 Å². The normalized spacial score (nSPS) is 10.1. The van der Waals surface area contributed by atoms with Gasteiger partial charge in [-0.1, -0.05) is 6.07 Å². The molecule has 0 saturated heterocycles. The lowest BCUT2D eigenvalue weighted by Gasteiger charge is -2.03. The molecule has 1 heterocycles. The lowest BCUT2D eigenvalue weighted by molar-refractivity contribution is 0.414.